The van der Waals surface area contributed by atoms with Crippen molar-refractivity contribution in [2.45, 2.75) is 39.8 Å². The van der Waals surface area contributed by atoms with E-state index in [-0.39, 0.29) is 17.8 Å². The minimum Gasteiger partial charge on any atom is -0.488 e. The Morgan fingerprint density at radius 3 is 2.68 bits per heavy atom. The third-order valence-electron chi connectivity index (χ3n) is 2.98. The van der Waals surface area contributed by atoms with Gasteiger partial charge in [0.1, 0.15) is 0 Å². The zero-order valence-corrected chi connectivity index (χ0v) is 13.8. The highest BCUT2D eigenvalue weighted by molar-refractivity contribution is 7.12. The molecule has 5 heteroatoms. The van der Waals surface area contributed by atoms with E-state index in [2.05, 4.69) is 5.32 Å². The number of amides is 1. The van der Waals surface area contributed by atoms with Crippen molar-refractivity contribution < 1.29 is 13.9 Å². The molecule has 0 unspecified atom stereocenters. The Hall–Kier alpha value is -1.88. The molecule has 2 aromatic rings. The van der Waals surface area contributed by atoms with E-state index in [4.69, 9.17) is 4.74 Å². The van der Waals surface area contributed by atoms with Gasteiger partial charge in [-0.25, -0.2) is 4.39 Å². The molecule has 2 rings (SSSR count). The molecule has 0 aliphatic rings. The van der Waals surface area contributed by atoms with Crippen LogP contribution in [0.2, 0.25) is 0 Å². The number of hydrogen-bond donors (Lipinski definition) is 1. The Kier molecular flexibility index (Phi) is 5.55. The molecule has 3 nitrogen and oxygen atoms in total. The van der Waals surface area contributed by atoms with Gasteiger partial charge in [0.05, 0.1) is 12.5 Å². The first kappa shape index (κ1) is 16.5. The molecule has 0 spiro atoms. The van der Waals surface area contributed by atoms with Gasteiger partial charge in [0.15, 0.2) is 11.6 Å². The lowest BCUT2D eigenvalue weighted by Gasteiger charge is -2.11. The van der Waals surface area contributed by atoms with Crippen LogP contribution in [-0.2, 0) is 17.8 Å². The van der Waals surface area contributed by atoms with Crippen LogP contribution in [0.3, 0.4) is 0 Å². The van der Waals surface area contributed by atoms with Crippen molar-refractivity contribution in [2.75, 3.05) is 0 Å². The fourth-order valence-electron chi connectivity index (χ4n) is 2.01. The highest BCUT2D eigenvalue weighted by Gasteiger charge is 2.08. The van der Waals surface area contributed by atoms with E-state index in [1.54, 1.807) is 23.5 Å². The van der Waals surface area contributed by atoms with Gasteiger partial charge in [-0.15, -0.1) is 11.3 Å². The monoisotopic (exact) mass is 321 g/mol. The van der Waals surface area contributed by atoms with Gasteiger partial charge in [0, 0.05) is 16.3 Å². The lowest BCUT2D eigenvalue weighted by Crippen LogP contribution is -2.24. The van der Waals surface area contributed by atoms with Crippen molar-refractivity contribution in [3.05, 3.63) is 51.5 Å². The molecule has 1 aromatic carbocycles. The molecule has 1 heterocycles. The second-order valence-corrected chi connectivity index (χ2v) is 6.77. The first-order valence-electron chi connectivity index (χ1n) is 7.21. The van der Waals surface area contributed by atoms with Crippen LogP contribution < -0.4 is 10.1 Å². The van der Waals surface area contributed by atoms with E-state index >= 15 is 0 Å². The average Bonchev–Trinajstić information content (AvgIpc) is 2.84. The number of hydrogen-bond acceptors (Lipinski definition) is 3. The Morgan fingerprint density at radius 1 is 1.32 bits per heavy atom. The Bertz CT molecular complexity index is 652. The normalized spacial score (nSPS) is 10.8. The van der Waals surface area contributed by atoms with Gasteiger partial charge < -0.3 is 10.1 Å². The zero-order valence-electron chi connectivity index (χ0n) is 13.0. The fraction of sp³-hybridized carbons (Fsp3) is 0.353. The molecule has 0 bridgehead atoms. The first-order chi connectivity index (χ1) is 10.4. The van der Waals surface area contributed by atoms with Gasteiger partial charge in [-0.2, -0.15) is 0 Å². The number of thiophene rings is 1. The number of aryl methyl sites for hydroxylation is 1. The number of rotatable bonds is 6. The summed E-state index contributed by atoms with van der Waals surface area (Å²) in [6.07, 6.45) is 0.282. The van der Waals surface area contributed by atoms with Crippen molar-refractivity contribution in [2.24, 2.45) is 0 Å². The molecular weight excluding hydrogens is 301 g/mol. The van der Waals surface area contributed by atoms with Gasteiger partial charge in [-0.3, -0.25) is 4.79 Å². The summed E-state index contributed by atoms with van der Waals surface area (Å²) in [5.74, 6) is -0.238. The summed E-state index contributed by atoms with van der Waals surface area (Å²) in [6.45, 7) is 6.01. The number of nitrogens with one attached hydrogen (secondary N) is 1. The Labute approximate surface area is 134 Å². The zero-order chi connectivity index (χ0) is 16.1. The molecule has 1 N–H and O–H groups in total. The molecule has 0 aliphatic carbocycles. The highest BCUT2D eigenvalue weighted by Crippen LogP contribution is 2.20. The SMILES string of the molecule is Cc1ccc(CC(=O)NCc2ccc(OC(C)C)c(F)c2)s1. The third kappa shape index (κ3) is 4.84. The largest absolute Gasteiger partial charge is 0.488 e. The van der Waals surface area contributed by atoms with Crippen molar-refractivity contribution in [1.29, 1.82) is 0 Å². The summed E-state index contributed by atoms with van der Waals surface area (Å²) in [6, 6.07) is 8.70. The molecule has 0 aliphatic heterocycles. The summed E-state index contributed by atoms with van der Waals surface area (Å²) in [5, 5.41) is 2.80. The summed E-state index contributed by atoms with van der Waals surface area (Å²) >= 11 is 1.61. The van der Waals surface area contributed by atoms with Crippen molar-refractivity contribution in [3.8, 4) is 5.75 Å². The number of halogens is 1. The summed E-state index contributed by atoms with van der Waals surface area (Å²) in [4.78, 5) is 14.1. The quantitative estimate of drug-likeness (QED) is 0.878. The lowest BCUT2D eigenvalue weighted by molar-refractivity contribution is -0.120. The van der Waals surface area contributed by atoms with E-state index in [1.807, 2.05) is 32.9 Å². The summed E-state index contributed by atoms with van der Waals surface area (Å²) < 4.78 is 19.2. The molecule has 1 amide bonds. The van der Waals surface area contributed by atoms with Crippen molar-refractivity contribution in [1.82, 2.24) is 5.32 Å². The van der Waals surface area contributed by atoms with Crippen LogP contribution in [0.5, 0.6) is 5.75 Å². The molecule has 22 heavy (non-hydrogen) atoms. The van der Waals surface area contributed by atoms with Gasteiger partial charge >= 0.3 is 0 Å². The molecule has 0 saturated heterocycles. The van der Waals surface area contributed by atoms with Crippen LogP contribution in [0, 0.1) is 12.7 Å². The minimum absolute atomic E-state index is 0.0650. The molecule has 1 aromatic heterocycles. The summed E-state index contributed by atoms with van der Waals surface area (Å²) in [5.41, 5.74) is 0.712. The smallest absolute Gasteiger partial charge is 0.225 e. The summed E-state index contributed by atoms with van der Waals surface area (Å²) in [7, 11) is 0. The first-order valence-corrected chi connectivity index (χ1v) is 8.03. The second kappa shape index (κ2) is 7.40. The lowest BCUT2D eigenvalue weighted by atomic mass is 10.2. The molecule has 0 atom stereocenters. The Balaban J connectivity index is 1.88. The fourth-order valence-corrected chi connectivity index (χ4v) is 2.89. The van der Waals surface area contributed by atoms with Gasteiger partial charge in [-0.1, -0.05) is 6.07 Å². The standard InChI is InChI=1S/C17H20FNO2S/c1-11(2)21-16-7-5-13(8-15(16)18)10-19-17(20)9-14-6-4-12(3)22-14/h4-8,11H,9-10H2,1-3H3,(H,19,20). The molecule has 0 fully saturated rings. The van der Waals surface area contributed by atoms with Gasteiger partial charge in [-0.05, 0) is 50.6 Å². The van der Waals surface area contributed by atoms with Crippen LogP contribution >= 0.6 is 11.3 Å². The van der Waals surface area contributed by atoms with Crippen LogP contribution in [0.4, 0.5) is 4.39 Å². The second-order valence-electron chi connectivity index (χ2n) is 5.40. The van der Waals surface area contributed by atoms with Crippen LogP contribution in [-0.4, -0.2) is 12.0 Å². The van der Waals surface area contributed by atoms with Crippen molar-refractivity contribution >= 4 is 17.2 Å². The highest BCUT2D eigenvalue weighted by atomic mass is 32.1. The number of carbonyl (C=O) groups excluding carboxylic acids is 1. The maximum absolute atomic E-state index is 13.8. The third-order valence-corrected chi connectivity index (χ3v) is 3.98. The number of benzene rings is 1. The molecular formula is C17H20FNO2S. The van der Waals surface area contributed by atoms with E-state index < -0.39 is 5.82 Å². The predicted molar refractivity (Wildman–Crippen MR) is 86.8 cm³/mol. The number of ether oxygens (including phenoxy) is 1. The molecule has 0 radical (unpaired) electrons. The predicted octanol–water partition coefficient (Wildman–Crippen LogP) is 3.84. The maximum Gasteiger partial charge on any atom is 0.225 e. The van der Waals surface area contributed by atoms with Gasteiger partial charge in [0.2, 0.25) is 5.91 Å². The van der Waals surface area contributed by atoms with Crippen LogP contribution in [0.15, 0.2) is 30.3 Å². The Morgan fingerprint density at radius 2 is 2.09 bits per heavy atom. The number of carbonyl (C=O) groups is 1. The topological polar surface area (TPSA) is 38.3 Å². The van der Waals surface area contributed by atoms with Crippen LogP contribution in [0.1, 0.15) is 29.2 Å². The van der Waals surface area contributed by atoms with E-state index in [0.717, 1.165) is 4.88 Å². The minimum atomic E-state index is -0.408. The van der Waals surface area contributed by atoms with E-state index in [1.165, 1.54) is 10.9 Å². The molecule has 118 valence electrons. The average molecular weight is 321 g/mol. The maximum atomic E-state index is 13.8. The molecule has 0 saturated carbocycles. The van der Waals surface area contributed by atoms with Crippen molar-refractivity contribution in [3.63, 3.8) is 0 Å². The van der Waals surface area contributed by atoms with E-state index in [9.17, 15) is 9.18 Å². The van der Waals surface area contributed by atoms with E-state index in [0.29, 0.717) is 18.5 Å². The van der Waals surface area contributed by atoms with Crippen LogP contribution in [0.25, 0.3) is 0 Å². The van der Waals surface area contributed by atoms with Gasteiger partial charge in [0.25, 0.3) is 0 Å².